The predicted molar refractivity (Wildman–Crippen MR) is 71.2 cm³/mol. The smallest absolute Gasteiger partial charge is 0.325 e. The summed E-state index contributed by atoms with van der Waals surface area (Å²) in [6, 6.07) is 0. The van der Waals surface area contributed by atoms with Crippen molar-refractivity contribution in [2.75, 3.05) is 13.1 Å². The molecule has 0 fully saturated rings. The molecule has 5 nitrogen and oxygen atoms in total. The van der Waals surface area contributed by atoms with E-state index in [1.807, 2.05) is 41.5 Å². The molecule has 0 saturated heterocycles. The molecule has 2 N–H and O–H groups in total. The minimum atomic E-state index is -0.495. The molecule has 18 heavy (non-hydrogen) atoms. The normalized spacial score (nSPS) is 13.8. The molecule has 0 heterocycles. The van der Waals surface area contributed by atoms with Crippen molar-refractivity contribution >= 4 is 5.91 Å². The largest absolute Gasteiger partial charge is 0.378 e. The van der Waals surface area contributed by atoms with Crippen molar-refractivity contribution in [1.29, 1.82) is 0 Å². The molecule has 108 valence electrons. The van der Waals surface area contributed by atoms with Crippen LogP contribution in [0.2, 0.25) is 0 Å². The van der Waals surface area contributed by atoms with Crippen LogP contribution in [0.1, 0.15) is 54.9 Å². The van der Waals surface area contributed by atoms with Gasteiger partial charge in [0, 0.05) is 11.4 Å². The van der Waals surface area contributed by atoms with E-state index in [4.69, 9.17) is 15.4 Å². The van der Waals surface area contributed by atoms with Gasteiger partial charge in [0.1, 0.15) is 11.2 Å². The Hall–Kier alpha value is -0.490. The van der Waals surface area contributed by atoms with Crippen LogP contribution in [0.4, 0.5) is 0 Å². The molecule has 1 amide bonds. The fraction of sp³-hybridized carbons (Fsp3) is 0.923. The number of nitrogens with zero attached hydrogens (tertiary/aromatic N) is 1. The standard InChI is InChI=1S/C13H29N2O3/c1-8-11(16)15(10-9-14,17-12(2,3)4)18-13(5,6)7/h8-10,14H2,1-7H3/q+1. The van der Waals surface area contributed by atoms with Crippen LogP contribution in [0.15, 0.2) is 0 Å². The van der Waals surface area contributed by atoms with E-state index in [1.165, 1.54) is 0 Å². The molecular weight excluding hydrogens is 232 g/mol. The van der Waals surface area contributed by atoms with Crippen molar-refractivity contribution in [1.82, 2.24) is 0 Å². The number of hydrogen-bond acceptors (Lipinski definition) is 4. The Labute approximate surface area is 111 Å². The first kappa shape index (κ1) is 17.5. The van der Waals surface area contributed by atoms with Gasteiger partial charge >= 0.3 is 5.91 Å². The van der Waals surface area contributed by atoms with Gasteiger partial charge in [0.15, 0.2) is 6.54 Å². The highest BCUT2D eigenvalue weighted by Gasteiger charge is 2.47. The van der Waals surface area contributed by atoms with Gasteiger partial charge in [0.25, 0.3) is 0 Å². The second-order valence-corrected chi connectivity index (χ2v) is 6.34. The van der Waals surface area contributed by atoms with Crippen molar-refractivity contribution < 1.29 is 19.3 Å². The van der Waals surface area contributed by atoms with Gasteiger partial charge in [-0.05, 0) is 41.5 Å². The van der Waals surface area contributed by atoms with E-state index in [2.05, 4.69) is 0 Å². The SMILES string of the molecule is CCC(=O)[N+](CCN)(OC(C)(C)C)OC(C)(C)C. The van der Waals surface area contributed by atoms with E-state index in [1.54, 1.807) is 6.92 Å². The topological polar surface area (TPSA) is 61.6 Å². The Morgan fingerprint density at radius 1 is 1.06 bits per heavy atom. The third-order valence-electron chi connectivity index (χ3n) is 1.95. The maximum Gasteiger partial charge on any atom is 0.378 e. The average Bonchev–Trinajstić information content (AvgIpc) is 2.11. The summed E-state index contributed by atoms with van der Waals surface area (Å²) in [5.74, 6) is -0.120. The highest BCUT2D eigenvalue weighted by atomic mass is 17.0. The van der Waals surface area contributed by atoms with Crippen molar-refractivity contribution in [2.24, 2.45) is 5.73 Å². The molecule has 0 rings (SSSR count). The predicted octanol–water partition coefficient (Wildman–Crippen LogP) is 2.16. The van der Waals surface area contributed by atoms with E-state index in [9.17, 15) is 4.79 Å². The van der Waals surface area contributed by atoms with E-state index < -0.39 is 16.0 Å². The molecule has 0 aliphatic rings. The molecule has 0 aromatic carbocycles. The molecule has 0 atom stereocenters. The van der Waals surface area contributed by atoms with Crippen LogP contribution in [0.5, 0.6) is 0 Å². The monoisotopic (exact) mass is 261 g/mol. The van der Waals surface area contributed by atoms with Crippen molar-refractivity contribution in [3.8, 4) is 0 Å². The van der Waals surface area contributed by atoms with Crippen molar-refractivity contribution in [3.05, 3.63) is 0 Å². The maximum atomic E-state index is 12.2. The molecular formula is C13H29N2O3+. The summed E-state index contributed by atoms with van der Waals surface area (Å²) in [5, 5.41) is 0. The van der Waals surface area contributed by atoms with Gasteiger partial charge in [0.2, 0.25) is 0 Å². The Bertz CT molecular complexity index is 261. The number of amides is 1. The number of rotatable bonds is 5. The summed E-state index contributed by atoms with van der Waals surface area (Å²) in [7, 11) is 0. The lowest BCUT2D eigenvalue weighted by Crippen LogP contribution is -2.60. The summed E-state index contributed by atoms with van der Waals surface area (Å²) in [6.45, 7) is 13.8. The van der Waals surface area contributed by atoms with Gasteiger partial charge < -0.3 is 5.73 Å². The number of quaternary nitrogens is 1. The summed E-state index contributed by atoms with van der Waals surface area (Å²) >= 11 is 0. The molecule has 0 aromatic rings. The molecule has 5 heteroatoms. The second kappa shape index (κ2) is 6.10. The minimum absolute atomic E-state index is 0.120. The second-order valence-electron chi connectivity index (χ2n) is 6.34. The van der Waals surface area contributed by atoms with Crippen LogP contribution >= 0.6 is 0 Å². The van der Waals surface area contributed by atoms with Crippen LogP contribution in [0, 0.1) is 0 Å². The Balaban J connectivity index is 5.35. The van der Waals surface area contributed by atoms with Crippen molar-refractivity contribution in [2.45, 2.75) is 66.1 Å². The summed E-state index contributed by atoms with van der Waals surface area (Å²) in [6.07, 6.45) is 0.339. The minimum Gasteiger partial charge on any atom is -0.325 e. The zero-order valence-corrected chi connectivity index (χ0v) is 12.9. The highest BCUT2D eigenvalue weighted by molar-refractivity contribution is 5.67. The first-order valence-electron chi connectivity index (χ1n) is 6.49. The molecule has 0 radical (unpaired) electrons. The van der Waals surface area contributed by atoms with Gasteiger partial charge in [-0.15, -0.1) is 0 Å². The van der Waals surface area contributed by atoms with Gasteiger partial charge in [-0.3, -0.25) is 0 Å². The lowest BCUT2D eigenvalue weighted by Gasteiger charge is -2.38. The van der Waals surface area contributed by atoms with Crippen LogP contribution < -0.4 is 5.73 Å². The molecule has 0 aliphatic heterocycles. The number of carbonyl (C=O) groups excluding carboxylic acids is 1. The molecule has 0 saturated carbocycles. The molecule has 0 unspecified atom stereocenters. The van der Waals surface area contributed by atoms with E-state index in [0.717, 1.165) is 0 Å². The van der Waals surface area contributed by atoms with Gasteiger partial charge in [-0.25, -0.2) is 4.79 Å². The zero-order valence-electron chi connectivity index (χ0n) is 12.9. The van der Waals surface area contributed by atoms with Crippen LogP contribution in [-0.2, 0) is 14.5 Å². The van der Waals surface area contributed by atoms with E-state index in [-0.39, 0.29) is 5.91 Å². The summed E-state index contributed by atoms with van der Waals surface area (Å²) in [5.41, 5.74) is 4.63. The van der Waals surface area contributed by atoms with Crippen LogP contribution in [-0.4, -0.2) is 35.0 Å². The lowest BCUT2D eigenvalue weighted by atomic mass is 10.2. The quantitative estimate of drug-likeness (QED) is 0.608. The van der Waals surface area contributed by atoms with Gasteiger partial charge in [-0.1, -0.05) is 6.92 Å². The third-order valence-corrected chi connectivity index (χ3v) is 1.95. The van der Waals surface area contributed by atoms with Crippen LogP contribution in [0.3, 0.4) is 0 Å². The van der Waals surface area contributed by atoms with E-state index in [0.29, 0.717) is 19.5 Å². The van der Waals surface area contributed by atoms with E-state index >= 15 is 0 Å². The lowest BCUT2D eigenvalue weighted by molar-refractivity contribution is -1.21. The van der Waals surface area contributed by atoms with Gasteiger partial charge in [0.05, 0.1) is 6.42 Å². The number of nitrogens with two attached hydrogens (primary N) is 1. The van der Waals surface area contributed by atoms with Crippen molar-refractivity contribution in [3.63, 3.8) is 0 Å². The fourth-order valence-electron chi connectivity index (χ4n) is 1.63. The molecule has 0 aliphatic carbocycles. The zero-order chi connectivity index (χ0) is 14.6. The Morgan fingerprint density at radius 2 is 1.44 bits per heavy atom. The average molecular weight is 261 g/mol. The van der Waals surface area contributed by atoms with Crippen LogP contribution in [0.25, 0.3) is 0 Å². The summed E-state index contributed by atoms with van der Waals surface area (Å²) in [4.78, 5) is 23.5. The summed E-state index contributed by atoms with van der Waals surface area (Å²) < 4.78 is 0. The Morgan fingerprint density at radius 3 is 1.67 bits per heavy atom. The molecule has 0 bridgehead atoms. The molecule has 0 spiro atoms. The maximum absolute atomic E-state index is 12.2. The highest BCUT2D eigenvalue weighted by Crippen LogP contribution is 2.26. The molecule has 0 aromatic heterocycles. The first-order chi connectivity index (χ1) is 7.96. The number of carbonyl (C=O) groups is 1. The van der Waals surface area contributed by atoms with Gasteiger partial charge in [-0.2, -0.15) is 9.68 Å². The first-order valence-corrected chi connectivity index (χ1v) is 6.49. The fourth-order valence-corrected chi connectivity index (χ4v) is 1.63. The number of hydrogen-bond donors (Lipinski definition) is 1. The Kier molecular flexibility index (Phi) is 5.94. The number of hydroxylamine groups is 4. The third kappa shape index (κ3) is 5.91.